The van der Waals surface area contributed by atoms with Gasteiger partial charge in [-0.2, -0.15) is 0 Å². The van der Waals surface area contributed by atoms with E-state index in [1.807, 2.05) is 5.01 Å². The maximum atomic E-state index is 4.00. The van der Waals surface area contributed by atoms with E-state index < -0.39 is 0 Å². The van der Waals surface area contributed by atoms with Crippen LogP contribution in [0.15, 0.2) is 10.3 Å². The quantitative estimate of drug-likeness (QED) is 0.360. The summed E-state index contributed by atoms with van der Waals surface area (Å²) < 4.78 is 0. The lowest BCUT2D eigenvalue weighted by atomic mass is 10.3. The second-order valence-corrected chi connectivity index (χ2v) is 3.12. The van der Waals surface area contributed by atoms with Crippen LogP contribution in [0.2, 0.25) is 0 Å². The molecule has 0 aromatic rings. The molecule has 0 aromatic carbocycles. The molecule has 0 aliphatic rings. The molecular weight excluding hydrogens is 150 g/mol. The third-order valence-corrected chi connectivity index (χ3v) is 1.37. The van der Waals surface area contributed by atoms with E-state index in [1.165, 1.54) is 0 Å². The number of hydrogen-bond donors (Lipinski definition) is 0. The van der Waals surface area contributed by atoms with Crippen molar-refractivity contribution in [2.75, 3.05) is 0 Å². The number of nitrogens with zero attached hydrogens (tertiary/aromatic N) is 3. The Morgan fingerprint density at radius 3 is 1.92 bits per heavy atom. The molecule has 0 unspecified atom stereocenters. The van der Waals surface area contributed by atoms with E-state index in [-0.39, 0.29) is 0 Å². The Morgan fingerprint density at radius 1 is 1.08 bits per heavy atom. The van der Waals surface area contributed by atoms with E-state index in [1.54, 1.807) is 6.92 Å². The van der Waals surface area contributed by atoms with Gasteiger partial charge in [-0.25, -0.2) is 0 Å². The maximum absolute atomic E-state index is 4.00. The van der Waals surface area contributed by atoms with Crippen molar-refractivity contribution >= 4 is 0 Å². The second-order valence-electron chi connectivity index (χ2n) is 3.12. The first-order chi connectivity index (χ1) is 5.59. The largest absolute Gasteiger partial charge is 0.273 e. The van der Waals surface area contributed by atoms with Crippen LogP contribution in [-0.2, 0) is 0 Å². The molecule has 0 heterocycles. The van der Waals surface area contributed by atoms with Gasteiger partial charge in [0.05, 0.1) is 6.04 Å². The first-order valence-electron chi connectivity index (χ1n) is 4.20. The molecule has 0 aromatic heterocycles. The van der Waals surface area contributed by atoms with Gasteiger partial charge in [0.25, 0.3) is 0 Å². The molecule has 0 saturated carbocycles. The number of hydrogen-bond acceptors (Lipinski definition) is 2. The van der Waals surface area contributed by atoms with Crippen LogP contribution in [0.1, 0.15) is 34.6 Å². The van der Waals surface area contributed by atoms with Crippen LogP contribution in [0.3, 0.4) is 0 Å². The van der Waals surface area contributed by atoms with E-state index in [2.05, 4.69) is 50.0 Å². The SMILES string of the molecule is CC#CN=NN(C(C)C)C(C)C. The van der Waals surface area contributed by atoms with Gasteiger partial charge in [0.1, 0.15) is 0 Å². The van der Waals surface area contributed by atoms with Crippen molar-refractivity contribution in [3.63, 3.8) is 0 Å². The molecule has 68 valence electrons. The smallest absolute Gasteiger partial charge is 0.0590 e. The molecule has 3 heteroatoms. The zero-order chi connectivity index (χ0) is 9.56. The normalized spacial score (nSPS) is 10.6. The van der Waals surface area contributed by atoms with Gasteiger partial charge in [0.2, 0.25) is 0 Å². The van der Waals surface area contributed by atoms with Gasteiger partial charge in [-0.05, 0) is 34.6 Å². The molecule has 0 atom stereocenters. The van der Waals surface area contributed by atoms with Crippen LogP contribution in [0.4, 0.5) is 0 Å². The van der Waals surface area contributed by atoms with Crippen molar-refractivity contribution in [3.05, 3.63) is 0 Å². The zero-order valence-corrected chi connectivity index (χ0v) is 8.50. The molecule has 0 fully saturated rings. The number of rotatable bonds is 3. The Balaban J connectivity index is 4.20. The molecule has 0 N–H and O–H groups in total. The minimum atomic E-state index is 0.368. The summed E-state index contributed by atoms with van der Waals surface area (Å²) in [4.78, 5) is 0. The lowest BCUT2D eigenvalue weighted by Crippen LogP contribution is -2.31. The lowest BCUT2D eigenvalue weighted by Gasteiger charge is -2.25. The molecule has 0 bridgehead atoms. The van der Waals surface area contributed by atoms with Crippen molar-refractivity contribution in [1.82, 2.24) is 5.01 Å². The second kappa shape index (κ2) is 5.59. The van der Waals surface area contributed by atoms with Crippen LogP contribution in [0, 0.1) is 12.0 Å². The summed E-state index contributed by atoms with van der Waals surface area (Å²) in [5, 5.41) is 9.64. The zero-order valence-electron chi connectivity index (χ0n) is 8.50. The van der Waals surface area contributed by atoms with Gasteiger partial charge in [-0.3, -0.25) is 5.01 Å². The Labute approximate surface area is 74.8 Å². The van der Waals surface area contributed by atoms with Crippen molar-refractivity contribution in [1.29, 1.82) is 0 Å². The Kier molecular flexibility index (Phi) is 5.11. The van der Waals surface area contributed by atoms with E-state index in [0.717, 1.165) is 0 Å². The van der Waals surface area contributed by atoms with Crippen LogP contribution >= 0.6 is 0 Å². The predicted octanol–water partition coefficient (Wildman–Crippen LogP) is 2.45. The first kappa shape index (κ1) is 11.0. The molecule has 0 rings (SSSR count). The lowest BCUT2D eigenvalue weighted by molar-refractivity contribution is 0.170. The van der Waals surface area contributed by atoms with Crippen molar-refractivity contribution in [3.8, 4) is 12.0 Å². The topological polar surface area (TPSA) is 28.0 Å². The van der Waals surface area contributed by atoms with E-state index >= 15 is 0 Å². The minimum absolute atomic E-state index is 0.368. The molecule has 0 saturated heterocycles. The fourth-order valence-electron chi connectivity index (χ4n) is 0.927. The summed E-state index contributed by atoms with van der Waals surface area (Å²) in [7, 11) is 0. The average molecular weight is 167 g/mol. The highest BCUT2D eigenvalue weighted by molar-refractivity contribution is 4.90. The van der Waals surface area contributed by atoms with Crippen molar-refractivity contribution < 1.29 is 0 Å². The van der Waals surface area contributed by atoms with Gasteiger partial charge in [0, 0.05) is 12.1 Å². The van der Waals surface area contributed by atoms with Gasteiger partial charge in [0.15, 0.2) is 0 Å². The molecule has 0 amide bonds. The van der Waals surface area contributed by atoms with E-state index in [9.17, 15) is 0 Å². The molecule has 0 spiro atoms. The van der Waals surface area contributed by atoms with Crippen LogP contribution in [-0.4, -0.2) is 17.1 Å². The molecule has 0 radical (unpaired) electrons. The summed E-state index contributed by atoms with van der Waals surface area (Å²) in [6.07, 6.45) is 0. The fourth-order valence-corrected chi connectivity index (χ4v) is 0.927. The molecule has 12 heavy (non-hydrogen) atoms. The highest BCUT2D eigenvalue weighted by atomic mass is 15.6. The Morgan fingerprint density at radius 2 is 1.58 bits per heavy atom. The van der Waals surface area contributed by atoms with Gasteiger partial charge < -0.3 is 0 Å². The standard InChI is InChI=1S/C9H17N3/c1-6-7-10-11-12(8(2)3)9(4)5/h8-9H,1-5H3. The van der Waals surface area contributed by atoms with Crippen molar-refractivity contribution in [2.45, 2.75) is 46.7 Å². The van der Waals surface area contributed by atoms with Gasteiger partial charge in [-0.1, -0.05) is 16.3 Å². The fraction of sp³-hybridized carbons (Fsp3) is 0.778. The molecule has 0 aliphatic heterocycles. The maximum Gasteiger partial charge on any atom is 0.0590 e. The minimum Gasteiger partial charge on any atom is -0.273 e. The van der Waals surface area contributed by atoms with Crippen molar-refractivity contribution in [2.24, 2.45) is 10.3 Å². The monoisotopic (exact) mass is 167 g/mol. The van der Waals surface area contributed by atoms with Gasteiger partial charge >= 0.3 is 0 Å². The van der Waals surface area contributed by atoms with Crippen LogP contribution in [0.5, 0.6) is 0 Å². The summed E-state index contributed by atoms with van der Waals surface area (Å²) in [5.41, 5.74) is 0. The molecule has 0 aliphatic carbocycles. The predicted molar refractivity (Wildman–Crippen MR) is 50.4 cm³/mol. The van der Waals surface area contributed by atoms with E-state index in [4.69, 9.17) is 0 Å². The van der Waals surface area contributed by atoms with Crippen LogP contribution in [0.25, 0.3) is 0 Å². The van der Waals surface area contributed by atoms with E-state index in [0.29, 0.717) is 12.1 Å². The van der Waals surface area contributed by atoms with Crippen LogP contribution < -0.4 is 0 Å². The summed E-state index contributed by atoms with van der Waals surface area (Å²) in [6, 6.07) is 3.29. The molecular formula is C9H17N3. The average Bonchev–Trinajstić information content (AvgIpc) is 1.96. The third-order valence-electron chi connectivity index (χ3n) is 1.37. The van der Waals surface area contributed by atoms with Gasteiger partial charge in [-0.15, -0.1) is 0 Å². The first-order valence-corrected chi connectivity index (χ1v) is 4.20. The Bertz CT molecular complexity index is 188. The summed E-state index contributed by atoms with van der Waals surface area (Å²) >= 11 is 0. The highest BCUT2D eigenvalue weighted by Gasteiger charge is 2.09. The summed E-state index contributed by atoms with van der Waals surface area (Å²) in [5.74, 6) is 2.66. The highest BCUT2D eigenvalue weighted by Crippen LogP contribution is 2.05. The summed E-state index contributed by atoms with van der Waals surface area (Å²) in [6.45, 7) is 10.1. The molecule has 3 nitrogen and oxygen atoms in total. The third kappa shape index (κ3) is 3.97. The Hall–Kier alpha value is -1.04.